The lowest BCUT2D eigenvalue weighted by Gasteiger charge is -2.06. The maximum Gasteiger partial charge on any atom is 0.513 e. The fraction of sp³-hybridized carbons (Fsp3) is 0.333. The molecule has 0 radical (unpaired) electrons. The molecule has 0 aliphatic heterocycles. The molecule has 1 aromatic rings. The van der Waals surface area contributed by atoms with Crippen LogP contribution >= 0.6 is 0 Å². The molecule has 3 nitrogen and oxygen atoms in total. The smallest absolute Gasteiger partial charge is 0.434 e. The first-order chi connectivity index (χ1) is 8.67. The Labute approximate surface area is 108 Å². The predicted molar refractivity (Wildman–Crippen MR) is 71.5 cm³/mol. The third-order valence-electron chi connectivity index (χ3n) is 2.38. The van der Waals surface area contributed by atoms with Crippen LogP contribution in [0.25, 0.3) is 6.08 Å². The minimum atomic E-state index is -0.686. The lowest BCUT2D eigenvalue weighted by molar-refractivity contribution is 0.104. The summed E-state index contributed by atoms with van der Waals surface area (Å²) in [6.45, 7) is 6.11. The van der Waals surface area contributed by atoms with Crippen LogP contribution in [0.15, 0.2) is 35.6 Å². The van der Waals surface area contributed by atoms with Crippen molar-refractivity contribution in [2.24, 2.45) is 0 Å². The zero-order valence-corrected chi connectivity index (χ0v) is 11.0. The van der Waals surface area contributed by atoms with Gasteiger partial charge in [-0.2, -0.15) is 0 Å². The number of carbonyl (C=O) groups excluding carboxylic acids is 1. The average molecular weight is 246 g/mol. The quantitative estimate of drug-likeness (QED) is 0.454. The number of hydrogen-bond acceptors (Lipinski definition) is 3. The zero-order valence-electron chi connectivity index (χ0n) is 11.0. The number of ether oxygens (including phenoxy) is 2. The van der Waals surface area contributed by atoms with Crippen molar-refractivity contribution in [1.82, 2.24) is 0 Å². The SMILES string of the molecule is CCOC(=O)Oc1ccccc1C=C=C(C)CC. The van der Waals surface area contributed by atoms with Crippen molar-refractivity contribution in [1.29, 1.82) is 0 Å². The highest BCUT2D eigenvalue weighted by molar-refractivity contribution is 5.67. The van der Waals surface area contributed by atoms with Gasteiger partial charge in [-0.1, -0.05) is 25.1 Å². The highest BCUT2D eigenvalue weighted by Crippen LogP contribution is 2.20. The Balaban J connectivity index is 2.93. The molecule has 0 amide bonds. The van der Waals surface area contributed by atoms with Crippen LogP contribution in [0.4, 0.5) is 4.79 Å². The van der Waals surface area contributed by atoms with E-state index in [-0.39, 0.29) is 0 Å². The van der Waals surface area contributed by atoms with Crippen LogP contribution < -0.4 is 4.74 Å². The van der Waals surface area contributed by atoms with Gasteiger partial charge in [-0.25, -0.2) is 4.79 Å². The summed E-state index contributed by atoms with van der Waals surface area (Å²) in [4.78, 5) is 11.3. The van der Waals surface area contributed by atoms with Crippen molar-refractivity contribution in [3.05, 3.63) is 41.1 Å². The lowest BCUT2D eigenvalue weighted by atomic mass is 10.1. The van der Waals surface area contributed by atoms with E-state index in [4.69, 9.17) is 9.47 Å². The second-order valence-electron chi connectivity index (χ2n) is 3.75. The number of hydrogen-bond donors (Lipinski definition) is 0. The number of benzene rings is 1. The summed E-state index contributed by atoms with van der Waals surface area (Å²) in [5.41, 5.74) is 5.10. The van der Waals surface area contributed by atoms with Crippen molar-refractivity contribution in [2.75, 3.05) is 6.61 Å². The van der Waals surface area contributed by atoms with E-state index in [0.717, 1.165) is 17.6 Å². The molecule has 0 bridgehead atoms. The number of carbonyl (C=O) groups is 1. The summed E-state index contributed by atoms with van der Waals surface area (Å²) in [6.07, 6.45) is 2.07. The van der Waals surface area contributed by atoms with Crippen LogP contribution in [0.2, 0.25) is 0 Å². The van der Waals surface area contributed by atoms with Gasteiger partial charge in [-0.3, -0.25) is 0 Å². The minimum absolute atomic E-state index is 0.297. The number of rotatable bonds is 4. The molecule has 0 atom stereocenters. The highest BCUT2D eigenvalue weighted by Gasteiger charge is 2.07. The fourth-order valence-corrected chi connectivity index (χ4v) is 1.23. The minimum Gasteiger partial charge on any atom is -0.434 e. The molecule has 0 aromatic heterocycles. The highest BCUT2D eigenvalue weighted by atomic mass is 16.7. The Morgan fingerprint density at radius 2 is 2.06 bits per heavy atom. The summed E-state index contributed by atoms with van der Waals surface area (Å²) < 4.78 is 9.86. The Bertz CT molecular complexity index is 468. The van der Waals surface area contributed by atoms with E-state index in [1.807, 2.05) is 31.2 Å². The van der Waals surface area contributed by atoms with E-state index in [1.54, 1.807) is 13.0 Å². The maximum atomic E-state index is 11.3. The van der Waals surface area contributed by atoms with Crippen molar-refractivity contribution in [3.8, 4) is 5.75 Å². The van der Waals surface area contributed by atoms with Crippen LogP contribution in [-0.2, 0) is 4.74 Å². The fourth-order valence-electron chi connectivity index (χ4n) is 1.23. The molecule has 0 heterocycles. The van der Waals surface area contributed by atoms with E-state index in [9.17, 15) is 4.79 Å². The van der Waals surface area contributed by atoms with Crippen LogP contribution in [0, 0.1) is 0 Å². The van der Waals surface area contributed by atoms with Crippen LogP contribution in [-0.4, -0.2) is 12.8 Å². The van der Waals surface area contributed by atoms with Gasteiger partial charge in [0.05, 0.1) is 6.61 Å². The van der Waals surface area contributed by atoms with Crippen LogP contribution in [0.3, 0.4) is 0 Å². The Kier molecular flexibility index (Phi) is 5.75. The van der Waals surface area contributed by atoms with Gasteiger partial charge < -0.3 is 9.47 Å². The van der Waals surface area contributed by atoms with Crippen LogP contribution in [0.1, 0.15) is 32.8 Å². The largest absolute Gasteiger partial charge is 0.513 e. The molecule has 0 saturated carbocycles. The molecule has 0 unspecified atom stereocenters. The number of para-hydroxylation sites is 1. The normalized spacial score (nSPS) is 9.28. The second kappa shape index (κ2) is 7.36. The molecule has 0 aliphatic carbocycles. The predicted octanol–water partition coefficient (Wildman–Crippen LogP) is 4.19. The first kappa shape index (κ1) is 14.1. The van der Waals surface area contributed by atoms with Gasteiger partial charge in [0.2, 0.25) is 0 Å². The van der Waals surface area contributed by atoms with E-state index in [2.05, 4.69) is 12.7 Å². The molecule has 3 heteroatoms. The first-order valence-electron chi connectivity index (χ1n) is 6.03. The summed E-state index contributed by atoms with van der Waals surface area (Å²) in [5.74, 6) is 0.479. The van der Waals surface area contributed by atoms with Gasteiger partial charge in [0.15, 0.2) is 0 Å². The first-order valence-corrected chi connectivity index (χ1v) is 6.03. The Hall–Kier alpha value is -1.99. The van der Waals surface area contributed by atoms with E-state index in [1.165, 1.54) is 0 Å². The van der Waals surface area contributed by atoms with E-state index < -0.39 is 6.16 Å². The van der Waals surface area contributed by atoms with E-state index >= 15 is 0 Å². The Morgan fingerprint density at radius 1 is 1.33 bits per heavy atom. The number of allylic oxidation sites excluding steroid dienone is 1. The van der Waals surface area contributed by atoms with Gasteiger partial charge >= 0.3 is 6.16 Å². The molecule has 1 aromatic carbocycles. The molecule has 0 N–H and O–H groups in total. The van der Waals surface area contributed by atoms with Gasteiger partial charge in [0.25, 0.3) is 0 Å². The molecule has 0 aliphatic rings. The van der Waals surface area contributed by atoms with Crippen LogP contribution in [0.5, 0.6) is 5.75 Å². The van der Waals surface area contributed by atoms with E-state index in [0.29, 0.717) is 12.4 Å². The molecule has 0 saturated heterocycles. The van der Waals surface area contributed by atoms with Gasteiger partial charge in [0.1, 0.15) is 5.75 Å². The molecule has 0 spiro atoms. The van der Waals surface area contributed by atoms with Crippen molar-refractivity contribution in [2.45, 2.75) is 27.2 Å². The van der Waals surface area contributed by atoms with Crippen molar-refractivity contribution in [3.63, 3.8) is 0 Å². The molecular formula is C15H18O3. The molecule has 0 fully saturated rings. The zero-order chi connectivity index (χ0) is 13.4. The van der Waals surface area contributed by atoms with Crippen molar-refractivity contribution < 1.29 is 14.3 Å². The van der Waals surface area contributed by atoms with Gasteiger partial charge in [-0.15, -0.1) is 5.73 Å². The second-order valence-corrected chi connectivity index (χ2v) is 3.75. The third kappa shape index (κ3) is 4.48. The summed E-state index contributed by atoms with van der Waals surface area (Å²) in [5, 5.41) is 0. The summed E-state index contributed by atoms with van der Waals surface area (Å²) in [7, 11) is 0. The van der Waals surface area contributed by atoms with Crippen molar-refractivity contribution >= 4 is 12.2 Å². The van der Waals surface area contributed by atoms with Gasteiger partial charge in [-0.05, 0) is 38.0 Å². The molecule has 1 rings (SSSR count). The topological polar surface area (TPSA) is 35.5 Å². The summed E-state index contributed by atoms with van der Waals surface area (Å²) in [6, 6.07) is 7.28. The third-order valence-corrected chi connectivity index (χ3v) is 2.38. The summed E-state index contributed by atoms with van der Waals surface area (Å²) >= 11 is 0. The lowest BCUT2D eigenvalue weighted by Crippen LogP contribution is -2.10. The molecule has 18 heavy (non-hydrogen) atoms. The average Bonchev–Trinajstić information content (AvgIpc) is 2.37. The molecule has 96 valence electrons. The maximum absolute atomic E-state index is 11.3. The Morgan fingerprint density at radius 3 is 2.72 bits per heavy atom. The molecular weight excluding hydrogens is 228 g/mol. The standard InChI is InChI=1S/C15H18O3/c1-4-12(3)10-11-13-8-6-7-9-14(13)18-15(16)17-5-2/h6-9,11H,4-5H2,1-3H3. The monoisotopic (exact) mass is 246 g/mol. The van der Waals surface area contributed by atoms with Gasteiger partial charge in [0, 0.05) is 5.56 Å².